The number of hydrogen-bond acceptors (Lipinski definition) is 7. The number of nitrogens with zero attached hydrogens (tertiary/aromatic N) is 1. The van der Waals surface area contributed by atoms with Crippen molar-refractivity contribution in [2.45, 2.75) is 25.6 Å². The van der Waals surface area contributed by atoms with Crippen LogP contribution >= 0.6 is 0 Å². The van der Waals surface area contributed by atoms with Crippen molar-refractivity contribution >= 4 is 17.6 Å². The maximum atomic E-state index is 12.2. The summed E-state index contributed by atoms with van der Waals surface area (Å²) in [6.45, 7) is 5.96. The molecule has 2 saturated heterocycles. The number of carbonyl (C=O) groups excluding carboxylic acids is 2. The molecule has 158 valence electrons. The number of likely N-dealkylation sites (tertiary alicyclic amines) is 1. The number of piperidine rings is 1. The molecule has 9 heteroatoms. The third kappa shape index (κ3) is 4.80. The summed E-state index contributed by atoms with van der Waals surface area (Å²) in [5, 5.41) is 5.03. The van der Waals surface area contributed by atoms with Gasteiger partial charge in [-0.15, -0.1) is 0 Å². The average Bonchev–Trinajstić information content (AvgIpc) is 3.16. The van der Waals surface area contributed by atoms with Crippen LogP contribution in [0.4, 0.5) is 10.5 Å². The Labute approximate surface area is 169 Å². The Morgan fingerprint density at radius 3 is 2.48 bits per heavy atom. The van der Waals surface area contributed by atoms with Crippen molar-refractivity contribution in [3.63, 3.8) is 0 Å². The molecule has 29 heavy (non-hydrogen) atoms. The van der Waals surface area contributed by atoms with Crippen molar-refractivity contribution in [2.24, 2.45) is 5.92 Å². The summed E-state index contributed by atoms with van der Waals surface area (Å²) in [4.78, 5) is 26.4. The molecule has 0 spiro atoms. The monoisotopic (exact) mass is 405 g/mol. The minimum absolute atomic E-state index is 0.180. The van der Waals surface area contributed by atoms with E-state index in [0.717, 1.165) is 25.9 Å². The second-order valence-corrected chi connectivity index (χ2v) is 7.62. The van der Waals surface area contributed by atoms with E-state index in [-0.39, 0.29) is 12.5 Å². The maximum absolute atomic E-state index is 12.2. The van der Waals surface area contributed by atoms with Gasteiger partial charge < -0.3 is 24.3 Å². The SMILES string of the molecule is CC1(C2CCN(CC(=O)NC(=O)Nc3ccc4c(c3)OCCO4)CC2)OCCO1. The first kappa shape index (κ1) is 19.9. The normalized spacial score (nSPS) is 21.6. The van der Waals surface area contributed by atoms with Gasteiger partial charge in [0.05, 0.1) is 19.8 Å². The molecule has 4 rings (SSSR count). The van der Waals surface area contributed by atoms with Gasteiger partial charge >= 0.3 is 6.03 Å². The summed E-state index contributed by atoms with van der Waals surface area (Å²) in [7, 11) is 0. The fourth-order valence-electron chi connectivity index (χ4n) is 4.03. The molecule has 9 nitrogen and oxygen atoms in total. The number of fused-ring (bicyclic) bond motifs is 1. The smallest absolute Gasteiger partial charge is 0.325 e. The summed E-state index contributed by atoms with van der Waals surface area (Å²) in [6.07, 6.45) is 1.79. The summed E-state index contributed by atoms with van der Waals surface area (Å²) in [5.41, 5.74) is 0.533. The lowest BCUT2D eigenvalue weighted by atomic mass is 9.89. The first-order valence-electron chi connectivity index (χ1n) is 10.0. The lowest BCUT2D eigenvalue weighted by Gasteiger charge is -2.38. The highest BCUT2D eigenvalue weighted by Crippen LogP contribution is 2.35. The number of benzene rings is 1. The van der Waals surface area contributed by atoms with E-state index >= 15 is 0 Å². The lowest BCUT2D eigenvalue weighted by Crippen LogP contribution is -2.48. The molecule has 1 aromatic rings. The number of urea groups is 1. The summed E-state index contributed by atoms with van der Waals surface area (Å²) < 4.78 is 22.4. The number of carbonyl (C=O) groups is 2. The topological polar surface area (TPSA) is 98.4 Å². The standard InChI is InChI=1S/C20H27N3O6/c1-20(28-10-11-29-20)14-4-6-23(7-5-14)13-18(24)22-19(25)21-15-2-3-16-17(12-15)27-9-8-26-16/h2-3,12,14H,4-11,13H2,1H3,(H2,21,22,24,25). The molecule has 3 amide bonds. The fraction of sp³-hybridized carbons (Fsp3) is 0.600. The number of anilines is 1. The van der Waals surface area contributed by atoms with Gasteiger partial charge in [-0.05, 0) is 45.0 Å². The Hall–Kier alpha value is -2.36. The van der Waals surface area contributed by atoms with E-state index < -0.39 is 11.8 Å². The first-order chi connectivity index (χ1) is 14.0. The van der Waals surface area contributed by atoms with E-state index in [2.05, 4.69) is 10.6 Å². The van der Waals surface area contributed by atoms with Crippen LogP contribution in [-0.4, -0.2) is 68.7 Å². The molecular formula is C20H27N3O6. The Kier molecular flexibility index (Phi) is 5.89. The van der Waals surface area contributed by atoms with E-state index in [0.29, 0.717) is 49.5 Å². The van der Waals surface area contributed by atoms with Crippen LogP contribution in [0.3, 0.4) is 0 Å². The highest BCUT2D eigenvalue weighted by Gasteiger charge is 2.41. The molecule has 0 aromatic heterocycles. The van der Waals surface area contributed by atoms with Crippen molar-refractivity contribution < 1.29 is 28.5 Å². The van der Waals surface area contributed by atoms with E-state index in [1.165, 1.54) is 0 Å². The number of imide groups is 1. The fourth-order valence-corrected chi connectivity index (χ4v) is 4.03. The summed E-state index contributed by atoms with van der Waals surface area (Å²) in [5.74, 6) is 0.703. The minimum Gasteiger partial charge on any atom is -0.486 e. The Morgan fingerprint density at radius 1 is 1.07 bits per heavy atom. The zero-order chi connectivity index (χ0) is 20.3. The van der Waals surface area contributed by atoms with Crippen LogP contribution in [-0.2, 0) is 14.3 Å². The Balaban J connectivity index is 1.21. The van der Waals surface area contributed by atoms with Crippen LogP contribution in [0.5, 0.6) is 11.5 Å². The first-order valence-corrected chi connectivity index (χ1v) is 10.0. The minimum atomic E-state index is -0.568. The van der Waals surface area contributed by atoms with E-state index in [1.807, 2.05) is 11.8 Å². The number of ether oxygens (including phenoxy) is 4. The molecule has 2 fully saturated rings. The molecule has 1 aromatic carbocycles. The van der Waals surface area contributed by atoms with Crippen LogP contribution < -0.4 is 20.1 Å². The number of hydrogen-bond donors (Lipinski definition) is 2. The van der Waals surface area contributed by atoms with E-state index in [1.54, 1.807) is 18.2 Å². The molecule has 0 atom stereocenters. The molecule has 0 aliphatic carbocycles. The zero-order valence-electron chi connectivity index (χ0n) is 16.6. The van der Waals surface area contributed by atoms with Gasteiger partial charge in [0.1, 0.15) is 13.2 Å². The van der Waals surface area contributed by atoms with Crippen LogP contribution in [0.2, 0.25) is 0 Å². The van der Waals surface area contributed by atoms with E-state index in [4.69, 9.17) is 18.9 Å². The van der Waals surface area contributed by atoms with E-state index in [9.17, 15) is 9.59 Å². The van der Waals surface area contributed by atoms with Crippen molar-refractivity contribution in [3.8, 4) is 11.5 Å². The molecule has 2 N–H and O–H groups in total. The highest BCUT2D eigenvalue weighted by molar-refractivity contribution is 6.01. The van der Waals surface area contributed by atoms with Crippen molar-refractivity contribution in [1.82, 2.24) is 10.2 Å². The predicted molar refractivity (Wildman–Crippen MR) is 104 cm³/mol. The van der Waals surface area contributed by atoms with Gasteiger partial charge in [-0.25, -0.2) is 4.79 Å². The molecule has 0 saturated carbocycles. The second-order valence-electron chi connectivity index (χ2n) is 7.62. The van der Waals surface area contributed by atoms with Gasteiger partial charge in [-0.1, -0.05) is 0 Å². The lowest BCUT2D eigenvalue weighted by molar-refractivity contribution is -0.190. The van der Waals surface area contributed by atoms with Gasteiger partial charge in [-0.2, -0.15) is 0 Å². The van der Waals surface area contributed by atoms with Crippen LogP contribution in [0.25, 0.3) is 0 Å². The molecular weight excluding hydrogens is 378 g/mol. The third-order valence-corrected chi connectivity index (χ3v) is 5.61. The average molecular weight is 405 g/mol. The van der Waals surface area contributed by atoms with Crippen molar-refractivity contribution in [2.75, 3.05) is 51.4 Å². The number of amides is 3. The van der Waals surface area contributed by atoms with Gasteiger partial charge in [-0.3, -0.25) is 15.0 Å². The molecule has 3 aliphatic heterocycles. The molecule has 3 aliphatic rings. The Bertz CT molecular complexity index is 757. The number of nitrogens with one attached hydrogen (secondary N) is 2. The predicted octanol–water partition coefficient (Wildman–Crippen LogP) is 1.58. The van der Waals surface area contributed by atoms with Crippen molar-refractivity contribution in [3.05, 3.63) is 18.2 Å². The molecule has 0 unspecified atom stereocenters. The van der Waals surface area contributed by atoms with Crippen LogP contribution in [0.1, 0.15) is 19.8 Å². The third-order valence-electron chi connectivity index (χ3n) is 5.61. The van der Waals surface area contributed by atoms with Crippen molar-refractivity contribution in [1.29, 1.82) is 0 Å². The highest BCUT2D eigenvalue weighted by atomic mass is 16.7. The Morgan fingerprint density at radius 2 is 1.76 bits per heavy atom. The van der Waals surface area contributed by atoms with Gasteiger partial charge in [0.25, 0.3) is 0 Å². The number of rotatable bonds is 4. The second kappa shape index (κ2) is 8.56. The molecule has 0 bridgehead atoms. The largest absolute Gasteiger partial charge is 0.486 e. The summed E-state index contributed by atoms with van der Waals surface area (Å²) >= 11 is 0. The summed E-state index contributed by atoms with van der Waals surface area (Å²) in [6, 6.07) is 4.54. The molecule has 0 radical (unpaired) electrons. The van der Waals surface area contributed by atoms with Gasteiger partial charge in [0.15, 0.2) is 17.3 Å². The van der Waals surface area contributed by atoms with Gasteiger partial charge in [0, 0.05) is 17.7 Å². The van der Waals surface area contributed by atoms with Crippen LogP contribution in [0.15, 0.2) is 18.2 Å². The molecule has 3 heterocycles. The maximum Gasteiger partial charge on any atom is 0.325 e. The van der Waals surface area contributed by atoms with Gasteiger partial charge in [0.2, 0.25) is 5.91 Å². The zero-order valence-corrected chi connectivity index (χ0v) is 16.6. The quantitative estimate of drug-likeness (QED) is 0.785. The van der Waals surface area contributed by atoms with Crippen LogP contribution in [0, 0.1) is 5.92 Å².